The van der Waals surface area contributed by atoms with Gasteiger partial charge in [-0.3, -0.25) is 0 Å². The number of benzene rings is 1. The minimum Gasteiger partial charge on any atom is -0.494 e. The van der Waals surface area contributed by atoms with Crippen LogP contribution in [0.2, 0.25) is 0 Å². The Morgan fingerprint density at radius 3 is 2.76 bits per heavy atom. The number of aliphatic hydroxyl groups is 1. The fraction of sp³-hybridized carbons (Fsp3) is 0.538. The van der Waals surface area contributed by atoms with Crippen molar-refractivity contribution in [3.05, 3.63) is 29.6 Å². The van der Waals surface area contributed by atoms with E-state index in [2.05, 4.69) is 5.32 Å². The molecule has 1 aromatic carbocycles. The Morgan fingerprint density at radius 2 is 2.24 bits per heavy atom. The van der Waals surface area contributed by atoms with Crippen LogP contribution in [0.5, 0.6) is 5.75 Å². The van der Waals surface area contributed by atoms with Gasteiger partial charge >= 0.3 is 0 Å². The molecule has 2 rings (SSSR count). The number of hydrogen-bond donors (Lipinski definition) is 2. The number of hydrogen-bond acceptors (Lipinski definition) is 3. The van der Waals surface area contributed by atoms with Crippen LogP contribution in [0.15, 0.2) is 18.2 Å². The van der Waals surface area contributed by atoms with Gasteiger partial charge in [0.1, 0.15) is 0 Å². The van der Waals surface area contributed by atoms with Gasteiger partial charge in [0.2, 0.25) is 0 Å². The summed E-state index contributed by atoms with van der Waals surface area (Å²) in [4.78, 5) is 0. The Morgan fingerprint density at radius 1 is 1.47 bits per heavy atom. The molecule has 4 heteroatoms. The summed E-state index contributed by atoms with van der Waals surface area (Å²) in [6, 6.07) is 5.10. The van der Waals surface area contributed by atoms with Gasteiger partial charge in [-0.2, -0.15) is 0 Å². The summed E-state index contributed by atoms with van der Waals surface area (Å²) in [5.41, 5.74) is 0.374. The third kappa shape index (κ3) is 2.42. The van der Waals surface area contributed by atoms with Crippen molar-refractivity contribution in [2.24, 2.45) is 0 Å². The van der Waals surface area contributed by atoms with E-state index in [9.17, 15) is 9.50 Å². The van der Waals surface area contributed by atoms with Crippen LogP contribution in [0, 0.1) is 5.82 Å². The van der Waals surface area contributed by atoms with E-state index < -0.39 is 0 Å². The van der Waals surface area contributed by atoms with Gasteiger partial charge < -0.3 is 15.2 Å². The Kier molecular flexibility index (Phi) is 3.64. The average molecular weight is 239 g/mol. The highest BCUT2D eigenvalue weighted by atomic mass is 19.1. The lowest BCUT2D eigenvalue weighted by molar-refractivity contribution is 0.0868. The van der Waals surface area contributed by atoms with Gasteiger partial charge in [-0.15, -0.1) is 0 Å². The first-order chi connectivity index (χ1) is 8.21. The smallest absolute Gasteiger partial charge is 0.169 e. The molecule has 1 fully saturated rings. The topological polar surface area (TPSA) is 41.5 Å². The molecule has 94 valence electrons. The van der Waals surface area contributed by atoms with Crippen LogP contribution >= 0.6 is 0 Å². The van der Waals surface area contributed by atoms with Crippen molar-refractivity contribution in [2.45, 2.75) is 31.3 Å². The van der Waals surface area contributed by atoms with Gasteiger partial charge in [-0.1, -0.05) is 12.1 Å². The molecule has 1 aliphatic carbocycles. The second kappa shape index (κ2) is 5.02. The average Bonchev–Trinajstić information content (AvgIpc) is 2.30. The first-order valence-corrected chi connectivity index (χ1v) is 5.88. The summed E-state index contributed by atoms with van der Waals surface area (Å²) in [5, 5.41) is 12.5. The normalized spacial score (nSPS) is 17.6. The quantitative estimate of drug-likeness (QED) is 0.823. The van der Waals surface area contributed by atoms with Crippen LogP contribution in [0.3, 0.4) is 0 Å². The second-order valence-corrected chi connectivity index (χ2v) is 4.58. The summed E-state index contributed by atoms with van der Waals surface area (Å²) in [6.45, 7) is 0.530. The van der Waals surface area contributed by atoms with Crippen LogP contribution in [0.4, 0.5) is 4.39 Å². The van der Waals surface area contributed by atoms with Crippen molar-refractivity contribution in [1.29, 1.82) is 0 Å². The summed E-state index contributed by atoms with van der Waals surface area (Å²) in [6.07, 6.45) is 3.03. The Bertz CT molecular complexity index is 385. The van der Waals surface area contributed by atoms with E-state index in [0.29, 0.717) is 12.1 Å². The highest BCUT2D eigenvalue weighted by molar-refractivity contribution is 5.31. The van der Waals surface area contributed by atoms with E-state index in [0.717, 1.165) is 19.3 Å². The molecule has 17 heavy (non-hydrogen) atoms. The van der Waals surface area contributed by atoms with E-state index in [4.69, 9.17) is 4.74 Å². The Balaban J connectivity index is 2.04. The van der Waals surface area contributed by atoms with E-state index in [1.807, 2.05) is 0 Å². The van der Waals surface area contributed by atoms with Crippen molar-refractivity contribution in [3.8, 4) is 5.75 Å². The number of methoxy groups -OCH3 is 1. The molecule has 1 aliphatic rings. The van der Waals surface area contributed by atoms with Gasteiger partial charge in [0.15, 0.2) is 11.6 Å². The third-order valence-corrected chi connectivity index (χ3v) is 3.53. The predicted octanol–water partition coefficient (Wildman–Crippen LogP) is 1.84. The van der Waals surface area contributed by atoms with Crippen molar-refractivity contribution in [3.63, 3.8) is 0 Å². The summed E-state index contributed by atoms with van der Waals surface area (Å²) < 4.78 is 18.8. The standard InChI is InChI=1S/C13H18FNO2/c1-17-11-5-2-4-10(12(11)14)8-15-13(9-16)6-3-7-13/h2,4-5,15-16H,3,6-9H2,1H3. The van der Waals surface area contributed by atoms with E-state index in [-0.39, 0.29) is 23.7 Å². The van der Waals surface area contributed by atoms with Crippen LogP contribution in [-0.2, 0) is 6.54 Å². The molecule has 0 heterocycles. The minimum atomic E-state index is -0.324. The lowest BCUT2D eigenvalue weighted by Crippen LogP contribution is -2.53. The molecule has 0 amide bonds. The molecule has 0 radical (unpaired) electrons. The molecule has 1 aromatic rings. The maximum absolute atomic E-state index is 13.8. The van der Waals surface area contributed by atoms with Crippen LogP contribution < -0.4 is 10.1 Å². The molecular formula is C13H18FNO2. The largest absolute Gasteiger partial charge is 0.494 e. The number of rotatable bonds is 5. The molecule has 0 aromatic heterocycles. The zero-order valence-corrected chi connectivity index (χ0v) is 10.0. The molecule has 0 bridgehead atoms. The number of aliphatic hydroxyl groups excluding tert-OH is 1. The molecule has 0 spiro atoms. The van der Waals surface area contributed by atoms with Gasteiger partial charge in [-0.05, 0) is 25.3 Å². The van der Waals surface area contributed by atoms with Crippen molar-refractivity contribution in [1.82, 2.24) is 5.32 Å². The zero-order chi connectivity index (χ0) is 12.3. The van der Waals surface area contributed by atoms with E-state index in [1.165, 1.54) is 7.11 Å². The monoisotopic (exact) mass is 239 g/mol. The fourth-order valence-corrected chi connectivity index (χ4v) is 2.13. The number of halogens is 1. The second-order valence-electron chi connectivity index (χ2n) is 4.58. The van der Waals surface area contributed by atoms with E-state index >= 15 is 0 Å². The first kappa shape index (κ1) is 12.3. The van der Waals surface area contributed by atoms with E-state index in [1.54, 1.807) is 18.2 Å². The predicted molar refractivity (Wildman–Crippen MR) is 63.5 cm³/mol. The number of nitrogens with one attached hydrogen (secondary N) is 1. The van der Waals surface area contributed by atoms with Crippen LogP contribution in [-0.4, -0.2) is 24.4 Å². The maximum atomic E-state index is 13.8. The molecule has 0 atom stereocenters. The van der Waals surface area contributed by atoms with Gasteiger partial charge in [-0.25, -0.2) is 4.39 Å². The molecule has 1 saturated carbocycles. The van der Waals surface area contributed by atoms with Gasteiger partial charge in [0.05, 0.1) is 13.7 Å². The molecule has 0 saturated heterocycles. The first-order valence-electron chi connectivity index (χ1n) is 5.88. The lowest BCUT2D eigenvalue weighted by atomic mass is 9.77. The number of ether oxygens (including phenoxy) is 1. The maximum Gasteiger partial charge on any atom is 0.169 e. The van der Waals surface area contributed by atoms with Crippen LogP contribution in [0.1, 0.15) is 24.8 Å². The minimum absolute atomic E-state index is 0.110. The van der Waals surface area contributed by atoms with Crippen molar-refractivity contribution >= 4 is 0 Å². The van der Waals surface area contributed by atoms with Crippen LogP contribution in [0.25, 0.3) is 0 Å². The Hall–Kier alpha value is -1.13. The third-order valence-electron chi connectivity index (χ3n) is 3.53. The SMILES string of the molecule is COc1cccc(CNC2(CO)CCC2)c1F. The summed E-state index contributed by atoms with van der Waals surface area (Å²) in [7, 11) is 1.46. The molecule has 2 N–H and O–H groups in total. The Labute approximate surface area is 101 Å². The summed E-state index contributed by atoms with van der Waals surface area (Å²) >= 11 is 0. The molecular weight excluding hydrogens is 221 g/mol. The van der Waals surface area contributed by atoms with Crippen molar-refractivity contribution < 1.29 is 14.2 Å². The fourth-order valence-electron chi connectivity index (χ4n) is 2.13. The van der Waals surface area contributed by atoms with Gasteiger partial charge in [0.25, 0.3) is 0 Å². The molecule has 3 nitrogen and oxygen atoms in total. The molecule has 0 unspecified atom stereocenters. The highest BCUT2D eigenvalue weighted by Crippen LogP contribution is 2.32. The molecule has 0 aliphatic heterocycles. The van der Waals surface area contributed by atoms with Gasteiger partial charge in [0, 0.05) is 17.6 Å². The van der Waals surface area contributed by atoms with Crippen molar-refractivity contribution in [2.75, 3.05) is 13.7 Å². The highest BCUT2D eigenvalue weighted by Gasteiger charge is 2.35. The zero-order valence-electron chi connectivity index (χ0n) is 10.0. The summed E-state index contributed by atoms with van der Waals surface area (Å²) in [5.74, 6) is -0.0640. The lowest BCUT2D eigenvalue weighted by Gasteiger charge is -2.41.